The van der Waals surface area contributed by atoms with E-state index >= 15 is 0 Å². The van der Waals surface area contributed by atoms with E-state index in [0.29, 0.717) is 0 Å². The number of anilines is 2. The summed E-state index contributed by atoms with van der Waals surface area (Å²) in [6.07, 6.45) is 10.2. The first-order valence-corrected chi connectivity index (χ1v) is 16.6. The number of carboxylic acids is 2. The molecule has 0 bridgehead atoms. The number of carbonyl (C=O) groups is 2. The van der Waals surface area contributed by atoms with Gasteiger partial charge in [0.05, 0.1) is 36.6 Å². The maximum atomic E-state index is 9.43. The second-order valence-electron chi connectivity index (χ2n) is 11.9. The topological polar surface area (TPSA) is 180 Å². The van der Waals surface area contributed by atoms with Gasteiger partial charge in [-0.15, -0.1) is 0 Å². The summed E-state index contributed by atoms with van der Waals surface area (Å²) in [4.78, 5) is 28.1. The van der Waals surface area contributed by atoms with Gasteiger partial charge in [-0.1, -0.05) is 38.1 Å². The Hall–Kier alpha value is -6.04. The van der Waals surface area contributed by atoms with Gasteiger partial charge in [0.2, 0.25) is 0 Å². The standard InChI is InChI=1S/2C18H21N3O.C3H4O4/c2*1-4-15-12(2)18(19)21-10-9-20-16(17(15)21)11-13-5-7-14(22-3)8-6-13;4-2(5)1-3(6)7/h2*5-10H,4,11,19H2,1-3H3;1H2,(H,4,5)(H,6,7). The lowest BCUT2D eigenvalue weighted by Crippen LogP contribution is -2.03. The molecule has 4 heterocycles. The molecule has 0 fully saturated rings. The number of nitrogen functional groups attached to an aromatic ring is 2. The summed E-state index contributed by atoms with van der Waals surface area (Å²) in [5.74, 6) is 0.731. The first kappa shape index (κ1) is 37.8. The van der Waals surface area contributed by atoms with Gasteiger partial charge < -0.3 is 31.2 Å². The number of fused-ring (bicyclic) bond motifs is 2. The average molecular weight is 695 g/mol. The van der Waals surface area contributed by atoms with E-state index in [1.54, 1.807) is 14.2 Å². The van der Waals surface area contributed by atoms with E-state index in [-0.39, 0.29) is 0 Å². The van der Waals surface area contributed by atoms with E-state index in [1.165, 1.54) is 22.3 Å². The number of nitrogens with two attached hydrogens (primary N) is 2. The molecule has 0 amide bonds. The highest BCUT2D eigenvalue weighted by Crippen LogP contribution is 2.30. The molecule has 12 nitrogen and oxygen atoms in total. The van der Waals surface area contributed by atoms with Crippen LogP contribution in [0.15, 0.2) is 73.3 Å². The smallest absolute Gasteiger partial charge is 0.314 e. The van der Waals surface area contributed by atoms with Crippen molar-refractivity contribution < 1.29 is 29.3 Å². The molecule has 0 aliphatic heterocycles. The van der Waals surface area contributed by atoms with E-state index in [1.807, 2.05) is 49.1 Å². The minimum Gasteiger partial charge on any atom is -0.497 e. The summed E-state index contributed by atoms with van der Waals surface area (Å²) in [5, 5.41) is 15.4. The number of ether oxygens (including phenoxy) is 2. The van der Waals surface area contributed by atoms with Gasteiger partial charge in [0.15, 0.2) is 0 Å². The Kier molecular flexibility index (Phi) is 12.6. The van der Waals surface area contributed by atoms with E-state index in [9.17, 15) is 9.59 Å². The molecule has 51 heavy (non-hydrogen) atoms. The van der Waals surface area contributed by atoms with Crippen LogP contribution in [0.25, 0.3) is 11.0 Å². The summed E-state index contributed by atoms with van der Waals surface area (Å²) in [7, 11) is 3.36. The number of aliphatic carboxylic acids is 2. The van der Waals surface area contributed by atoms with Crippen molar-refractivity contribution in [3.05, 3.63) is 118 Å². The molecule has 6 aromatic rings. The van der Waals surface area contributed by atoms with Gasteiger partial charge in [-0.2, -0.15) is 0 Å². The SMILES string of the molecule is CCc1c(C)c(N)n2ccnc(Cc3ccc(OC)cc3)c12.CCc1c(C)c(N)n2ccnc(Cc3ccc(OC)cc3)c12.O=C(O)CC(=O)O. The Bertz CT molecular complexity index is 1970. The van der Waals surface area contributed by atoms with Crippen molar-refractivity contribution in [2.24, 2.45) is 0 Å². The Labute approximate surface area is 297 Å². The van der Waals surface area contributed by atoms with Crippen LogP contribution in [0.2, 0.25) is 0 Å². The predicted octanol–water partition coefficient (Wildman–Crippen LogP) is 6.32. The molecule has 12 heteroatoms. The number of hydrogen-bond donors (Lipinski definition) is 4. The molecule has 6 rings (SSSR count). The monoisotopic (exact) mass is 694 g/mol. The maximum Gasteiger partial charge on any atom is 0.314 e. The molecule has 0 saturated heterocycles. The zero-order chi connectivity index (χ0) is 37.2. The van der Waals surface area contributed by atoms with Crippen molar-refractivity contribution in [2.45, 2.75) is 59.8 Å². The van der Waals surface area contributed by atoms with E-state index in [0.717, 1.165) is 82.4 Å². The molecular formula is C39H46N6O6. The van der Waals surface area contributed by atoms with Crippen LogP contribution in [0.1, 0.15) is 65.0 Å². The minimum absolute atomic E-state index is 0.782. The zero-order valence-electron chi connectivity index (χ0n) is 29.9. The highest BCUT2D eigenvalue weighted by atomic mass is 16.5. The van der Waals surface area contributed by atoms with Crippen molar-refractivity contribution >= 4 is 34.6 Å². The summed E-state index contributed by atoms with van der Waals surface area (Å²) >= 11 is 0. The van der Waals surface area contributed by atoms with E-state index < -0.39 is 18.4 Å². The second-order valence-corrected chi connectivity index (χ2v) is 11.9. The summed E-state index contributed by atoms with van der Waals surface area (Å²) < 4.78 is 14.5. The Balaban J connectivity index is 0.000000193. The van der Waals surface area contributed by atoms with Gasteiger partial charge in [-0.25, -0.2) is 0 Å². The Morgan fingerprint density at radius 2 is 1.02 bits per heavy atom. The average Bonchev–Trinajstić information content (AvgIpc) is 3.53. The molecule has 2 aromatic carbocycles. The van der Waals surface area contributed by atoms with Crippen LogP contribution in [0.5, 0.6) is 11.5 Å². The number of methoxy groups -OCH3 is 2. The van der Waals surface area contributed by atoms with E-state index in [4.69, 9.17) is 31.2 Å². The number of aromatic nitrogens is 4. The first-order chi connectivity index (χ1) is 24.4. The van der Waals surface area contributed by atoms with Gasteiger partial charge in [0.1, 0.15) is 29.6 Å². The third-order valence-electron chi connectivity index (χ3n) is 8.76. The normalized spacial score (nSPS) is 10.6. The lowest BCUT2D eigenvalue weighted by Gasteiger charge is -2.07. The van der Waals surface area contributed by atoms with Crippen LogP contribution in [0.3, 0.4) is 0 Å². The third-order valence-corrected chi connectivity index (χ3v) is 8.76. The highest BCUT2D eigenvalue weighted by Gasteiger charge is 2.17. The van der Waals surface area contributed by atoms with Gasteiger partial charge >= 0.3 is 11.9 Å². The molecule has 0 aliphatic rings. The molecule has 6 N–H and O–H groups in total. The summed E-state index contributed by atoms with van der Waals surface area (Å²) in [6, 6.07) is 16.2. The van der Waals surface area contributed by atoms with Crippen molar-refractivity contribution in [2.75, 3.05) is 25.7 Å². The Morgan fingerprint density at radius 3 is 1.29 bits per heavy atom. The third kappa shape index (κ3) is 8.77. The fraction of sp³-hybridized carbons (Fsp3) is 0.282. The predicted molar refractivity (Wildman–Crippen MR) is 199 cm³/mol. The van der Waals surface area contributed by atoms with Crippen LogP contribution in [0.4, 0.5) is 11.6 Å². The molecular weight excluding hydrogens is 648 g/mol. The maximum absolute atomic E-state index is 9.43. The quantitative estimate of drug-likeness (QED) is 0.119. The molecule has 268 valence electrons. The van der Waals surface area contributed by atoms with Crippen molar-refractivity contribution in [1.29, 1.82) is 0 Å². The Morgan fingerprint density at radius 1 is 0.667 bits per heavy atom. The lowest BCUT2D eigenvalue weighted by atomic mass is 10.0. The van der Waals surface area contributed by atoms with Gasteiger partial charge in [0.25, 0.3) is 0 Å². The number of rotatable bonds is 10. The molecule has 0 saturated carbocycles. The minimum atomic E-state index is -1.31. The van der Waals surface area contributed by atoms with Crippen molar-refractivity contribution in [3.8, 4) is 11.5 Å². The molecule has 0 atom stereocenters. The van der Waals surface area contributed by atoms with E-state index in [2.05, 4.69) is 70.7 Å². The van der Waals surface area contributed by atoms with Gasteiger partial charge in [-0.3, -0.25) is 28.4 Å². The van der Waals surface area contributed by atoms with Crippen LogP contribution >= 0.6 is 0 Å². The first-order valence-electron chi connectivity index (χ1n) is 16.6. The van der Waals surface area contributed by atoms with Gasteiger partial charge in [0, 0.05) is 37.6 Å². The molecule has 0 spiro atoms. The van der Waals surface area contributed by atoms with Crippen LogP contribution in [-0.4, -0.2) is 55.1 Å². The molecule has 0 aliphatic carbocycles. The van der Waals surface area contributed by atoms with Crippen LogP contribution < -0.4 is 20.9 Å². The lowest BCUT2D eigenvalue weighted by molar-refractivity contribution is -0.147. The fourth-order valence-electron chi connectivity index (χ4n) is 6.12. The zero-order valence-corrected chi connectivity index (χ0v) is 29.9. The van der Waals surface area contributed by atoms with Crippen LogP contribution in [0, 0.1) is 13.8 Å². The molecule has 0 unspecified atom stereocenters. The number of nitrogens with zero attached hydrogens (tertiary/aromatic N) is 4. The molecule has 0 radical (unpaired) electrons. The highest BCUT2D eigenvalue weighted by molar-refractivity contribution is 5.88. The fourth-order valence-corrected chi connectivity index (χ4v) is 6.12. The van der Waals surface area contributed by atoms with Crippen molar-refractivity contribution in [1.82, 2.24) is 18.8 Å². The van der Waals surface area contributed by atoms with Crippen LogP contribution in [-0.2, 0) is 35.3 Å². The largest absolute Gasteiger partial charge is 0.497 e. The number of hydrogen-bond acceptors (Lipinski definition) is 8. The van der Waals surface area contributed by atoms with Crippen molar-refractivity contribution in [3.63, 3.8) is 0 Å². The summed E-state index contributed by atoms with van der Waals surface area (Å²) in [6.45, 7) is 8.48. The van der Waals surface area contributed by atoms with Gasteiger partial charge in [-0.05, 0) is 84.3 Å². The number of aryl methyl sites for hydroxylation is 2. The number of benzene rings is 2. The summed E-state index contributed by atoms with van der Waals surface area (Å²) in [5.41, 5.74) is 24.2. The second kappa shape index (κ2) is 17.1. The molecule has 4 aromatic heterocycles. The number of carboxylic acid groups (broad SMARTS) is 2.